The quantitative estimate of drug-likeness (QED) is 0.686. The Kier molecular flexibility index (Phi) is 3.29. The van der Waals surface area contributed by atoms with Crippen LogP contribution in [0, 0.1) is 29.1 Å². The lowest BCUT2D eigenvalue weighted by molar-refractivity contribution is -0.0407. The minimum Gasteiger partial charge on any atom is -0.375 e. The molecular weight excluding hydrogens is 284 g/mol. The Morgan fingerprint density at radius 1 is 0.870 bits per heavy atom. The molecule has 2 aliphatic heterocycles. The fourth-order valence-corrected chi connectivity index (χ4v) is 6.91. The molecule has 2 heterocycles. The van der Waals surface area contributed by atoms with Crippen molar-refractivity contribution in [3.8, 4) is 0 Å². The highest BCUT2D eigenvalue weighted by Gasteiger charge is 2.60. The monoisotopic (exact) mass is 318 g/mol. The molecular formula is C21H34O2. The molecule has 5 fully saturated rings. The summed E-state index contributed by atoms with van der Waals surface area (Å²) in [5.41, 5.74) is 0.925. The van der Waals surface area contributed by atoms with E-state index in [2.05, 4.69) is 20.8 Å². The summed E-state index contributed by atoms with van der Waals surface area (Å²) in [4.78, 5) is 0. The molecule has 0 aromatic carbocycles. The molecule has 3 saturated carbocycles. The summed E-state index contributed by atoms with van der Waals surface area (Å²) in [6.07, 6.45) is 14.1. The molecule has 0 N–H and O–H groups in total. The van der Waals surface area contributed by atoms with Crippen molar-refractivity contribution in [3.63, 3.8) is 0 Å². The molecule has 23 heavy (non-hydrogen) atoms. The van der Waals surface area contributed by atoms with E-state index < -0.39 is 0 Å². The van der Waals surface area contributed by atoms with Crippen molar-refractivity contribution in [1.29, 1.82) is 0 Å². The maximum atomic E-state index is 6.45. The summed E-state index contributed by atoms with van der Waals surface area (Å²) >= 11 is 0. The molecule has 3 aliphatic carbocycles. The lowest BCUT2D eigenvalue weighted by Crippen LogP contribution is -2.40. The standard InChI is InChI=1S/C21H34O2/c1-13-4-8-17(22-13)19(14-5-7-16-12-20(16,2)10-14)15-6-9-18-21(3,11-15)23-18/h13-19H,4-12H2,1-3H3. The third kappa shape index (κ3) is 2.51. The normalized spacial score (nSPS) is 59.1. The highest BCUT2D eigenvalue weighted by Crippen LogP contribution is 2.65. The van der Waals surface area contributed by atoms with Crippen LogP contribution in [-0.4, -0.2) is 23.9 Å². The van der Waals surface area contributed by atoms with Gasteiger partial charge < -0.3 is 9.47 Å². The van der Waals surface area contributed by atoms with Gasteiger partial charge in [-0.25, -0.2) is 0 Å². The Morgan fingerprint density at radius 3 is 2.35 bits per heavy atom. The van der Waals surface area contributed by atoms with Gasteiger partial charge in [-0.2, -0.15) is 0 Å². The molecule has 130 valence electrons. The van der Waals surface area contributed by atoms with Crippen LogP contribution in [0.2, 0.25) is 0 Å². The van der Waals surface area contributed by atoms with Crippen molar-refractivity contribution < 1.29 is 9.47 Å². The maximum Gasteiger partial charge on any atom is 0.0923 e. The first-order valence-electron chi connectivity index (χ1n) is 10.3. The second-order valence-corrected chi connectivity index (χ2v) is 10.2. The van der Waals surface area contributed by atoms with Gasteiger partial charge in [-0.05, 0) is 101 Å². The first-order valence-corrected chi connectivity index (χ1v) is 10.3. The molecule has 5 aliphatic rings. The molecule has 0 aromatic rings. The van der Waals surface area contributed by atoms with Crippen molar-refractivity contribution >= 4 is 0 Å². The largest absolute Gasteiger partial charge is 0.375 e. The first-order chi connectivity index (χ1) is 11.0. The second kappa shape index (κ2) is 4.97. The third-order valence-corrected chi connectivity index (χ3v) is 8.44. The van der Waals surface area contributed by atoms with Crippen LogP contribution >= 0.6 is 0 Å². The predicted molar refractivity (Wildman–Crippen MR) is 91.2 cm³/mol. The highest BCUT2D eigenvalue weighted by atomic mass is 16.6. The van der Waals surface area contributed by atoms with Gasteiger partial charge in [0.25, 0.3) is 0 Å². The first kappa shape index (κ1) is 15.2. The van der Waals surface area contributed by atoms with E-state index in [1.807, 2.05) is 0 Å². The zero-order chi connectivity index (χ0) is 15.8. The fraction of sp³-hybridized carbons (Fsp3) is 1.00. The Hall–Kier alpha value is -0.0800. The molecule has 9 unspecified atom stereocenters. The molecule has 2 saturated heterocycles. The van der Waals surface area contributed by atoms with E-state index in [9.17, 15) is 0 Å². The molecule has 0 amide bonds. The minimum atomic E-state index is 0.228. The van der Waals surface area contributed by atoms with Gasteiger partial charge in [0.05, 0.1) is 23.9 Å². The molecule has 9 atom stereocenters. The van der Waals surface area contributed by atoms with Crippen molar-refractivity contribution in [3.05, 3.63) is 0 Å². The van der Waals surface area contributed by atoms with Crippen molar-refractivity contribution in [2.45, 2.75) is 102 Å². The van der Waals surface area contributed by atoms with Gasteiger partial charge in [0, 0.05) is 0 Å². The molecule has 2 nitrogen and oxygen atoms in total. The number of ether oxygens (including phenoxy) is 2. The Labute approximate surface area is 141 Å². The van der Waals surface area contributed by atoms with Gasteiger partial charge in [-0.3, -0.25) is 0 Å². The average Bonchev–Trinajstić information content (AvgIpc) is 3.31. The summed E-state index contributed by atoms with van der Waals surface area (Å²) < 4.78 is 12.5. The number of rotatable bonds is 3. The number of fused-ring (bicyclic) bond motifs is 2. The van der Waals surface area contributed by atoms with Gasteiger partial charge >= 0.3 is 0 Å². The van der Waals surface area contributed by atoms with E-state index in [0.717, 1.165) is 23.7 Å². The van der Waals surface area contributed by atoms with Crippen molar-refractivity contribution in [2.24, 2.45) is 29.1 Å². The maximum absolute atomic E-state index is 6.45. The van der Waals surface area contributed by atoms with E-state index >= 15 is 0 Å². The fourth-order valence-electron chi connectivity index (χ4n) is 6.91. The smallest absolute Gasteiger partial charge is 0.0923 e. The number of hydrogen-bond acceptors (Lipinski definition) is 2. The lowest BCUT2D eigenvalue weighted by Gasteiger charge is -2.42. The van der Waals surface area contributed by atoms with Gasteiger partial charge in [-0.15, -0.1) is 0 Å². The predicted octanol–water partition coefficient (Wildman–Crippen LogP) is 4.95. The Morgan fingerprint density at radius 2 is 1.65 bits per heavy atom. The molecule has 2 heteroatoms. The van der Waals surface area contributed by atoms with Gasteiger partial charge in [0.1, 0.15) is 0 Å². The van der Waals surface area contributed by atoms with Crippen molar-refractivity contribution in [1.82, 2.24) is 0 Å². The molecule has 0 aromatic heterocycles. The van der Waals surface area contributed by atoms with E-state index in [1.165, 1.54) is 57.8 Å². The second-order valence-electron chi connectivity index (χ2n) is 10.2. The molecule has 0 bridgehead atoms. The number of epoxide rings is 1. The van der Waals surface area contributed by atoms with Crippen LogP contribution in [0.25, 0.3) is 0 Å². The van der Waals surface area contributed by atoms with E-state index in [1.54, 1.807) is 0 Å². The average molecular weight is 319 g/mol. The summed E-state index contributed by atoms with van der Waals surface area (Å²) in [6.45, 7) is 7.19. The Balaban J connectivity index is 1.37. The summed E-state index contributed by atoms with van der Waals surface area (Å²) in [5, 5.41) is 0. The summed E-state index contributed by atoms with van der Waals surface area (Å²) in [6, 6.07) is 0. The highest BCUT2D eigenvalue weighted by molar-refractivity contribution is 5.09. The van der Waals surface area contributed by atoms with Crippen LogP contribution < -0.4 is 0 Å². The van der Waals surface area contributed by atoms with Crippen LogP contribution in [0.15, 0.2) is 0 Å². The van der Waals surface area contributed by atoms with E-state index in [4.69, 9.17) is 9.47 Å². The molecule has 0 spiro atoms. The topological polar surface area (TPSA) is 21.8 Å². The lowest BCUT2D eigenvalue weighted by atomic mass is 9.64. The minimum absolute atomic E-state index is 0.228. The van der Waals surface area contributed by atoms with Crippen LogP contribution in [0.5, 0.6) is 0 Å². The molecule has 0 radical (unpaired) electrons. The van der Waals surface area contributed by atoms with Gasteiger partial charge in [0.15, 0.2) is 0 Å². The molecule has 5 rings (SSSR count). The van der Waals surface area contributed by atoms with E-state index in [-0.39, 0.29) is 5.60 Å². The van der Waals surface area contributed by atoms with Crippen molar-refractivity contribution in [2.75, 3.05) is 0 Å². The van der Waals surface area contributed by atoms with Crippen LogP contribution in [-0.2, 0) is 9.47 Å². The van der Waals surface area contributed by atoms with Crippen LogP contribution in [0.3, 0.4) is 0 Å². The zero-order valence-electron chi connectivity index (χ0n) is 15.2. The third-order valence-electron chi connectivity index (χ3n) is 8.44. The number of hydrogen-bond donors (Lipinski definition) is 0. The summed E-state index contributed by atoms with van der Waals surface area (Å²) in [5.74, 6) is 3.62. The van der Waals surface area contributed by atoms with Gasteiger partial charge in [0.2, 0.25) is 0 Å². The SMILES string of the molecule is CC1CCC(C(C2CCC3CC3(C)C2)C2CCC3OC3(C)C2)O1. The van der Waals surface area contributed by atoms with Gasteiger partial charge in [-0.1, -0.05) is 6.92 Å². The summed E-state index contributed by atoms with van der Waals surface area (Å²) in [7, 11) is 0. The van der Waals surface area contributed by atoms with Crippen LogP contribution in [0.1, 0.15) is 78.6 Å². The Bertz CT molecular complexity index is 456. The van der Waals surface area contributed by atoms with E-state index in [0.29, 0.717) is 23.7 Å². The van der Waals surface area contributed by atoms with Crippen LogP contribution in [0.4, 0.5) is 0 Å². The zero-order valence-corrected chi connectivity index (χ0v) is 15.2.